The van der Waals surface area contributed by atoms with Crippen LogP contribution in [-0.2, 0) is 6.42 Å². The number of pyridine rings is 1. The lowest BCUT2D eigenvalue weighted by Crippen LogP contribution is -2.19. The van der Waals surface area contributed by atoms with E-state index in [1.165, 1.54) is 12.4 Å². The lowest BCUT2D eigenvalue weighted by Gasteiger charge is -2.26. The Labute approximate surface area is 170 Å². The molecule has 0 spiro atoms. The van der Waals surface area contributed by atoms with Crippen LogP contribution in [0.3, 0.4) is 0 Å². The Morgan fingerprint density at radius 1 is 1.27 bits per heavy atom. The molecule has 150 valence electrons. The van der Waals surface area contributed by atoms with Crippen LogP contribution >= 0.6 is 0 Å². The number of nitriles is 1. The normalized spacial score (nSPS) is 15.9. The zero-order valence-electron chi connectivity index (χ0n) is 15.8. The van der Waals surface area contributed by atoms with Gasteiger partial charge in [0, 0.05) is 29.0 Å². The molecule has 2 N–H and O–H groups in total. The van der Waals surface area contributed by atoms with Crippen LogP contribution in [0.15, 0.2) is 42.9 Å². The van der Waals surface area contributed by atoms with Gasteiger partial charge >= 0.3 is 6.55 Å². The lowest BCUT2D eigenvalue weighted by atomic mass is 9.91. The highest BCUT2D eigenvalue weighted by Gasteiger charge is 2.22. The van der Waals surface area contributed by atoms with Crippen molar-refractivity contribution in [1.82, 2.24) is 25.0 Å². The molecule has 9 heteroatoms. The first-order valence-corrected chi connectivity index (χ1v) is 9.58. The molecular weight excluding hydrogens is 388 g/mol. The first-order chi connectivity index (χ1) is 14.6. The average Bonchev–Trinajstić information content (AvgIpc) is 3.40. The summed E-state index contributed by atoms with van der Waals surface area (Å²) in [7, 11) is 0. The predicted octanol–water partition coefficient (Wildman–Crippen LogP) is 4.58. The number of rotatable bonds is 4. The minimum absolute atomic E-state index is 0.0378. The maximum atomic E-state index is 12.9. The lowest BCUT2D eigenvalue weighted by molar-refractivity contribution is 0.0566. The van der Waals surface area contributed by atoms with Gasteiger partial charge in [0.05, 0.1) is 29.0 Å². The van der Waals surface area contributed by atoms with Crippen molar-refractivity contribution >= 4 is 16.6 Å². The summed E-state index contributed by atoms with van der Waals surface area (Å²) < 4.78 is 26.3. The summed E-state index contributed by atoms with van der Waals surface area (Å²) in [6.45, 7) is -2.69. The fraction of sp³-hybridized carbons (Fsp3) is 0.238. The van der Waals surface area contributed by atoms with E-state index in [4.69, 9.17) is 5.26 Å². The van der Waals surface area contributed by atoms with E-state index in [0.717, 1.165) is 47.1 Å². The number of aryl methyl sites for hydroxylation is 1. The molecule has 0 amide bonds. The van der Waals surface area contributed by atoms with E-state index in [1.807, 2.05) is 24.3 Å². The monoisotopic (exact) mass is 405 g/mol. The van der Waals surface area contributed by atoms with Gasteiger partial charge in [0.25, 0.3) is 0 Å². The number of anilines is 1. The van der Waals surface area contributed by atoms with Gasteiger partial charge in [-0.05, 0) is 49.1 Å². The minimum atomic E-state index is -2.69. The Morgan fingerprint density at radius 2 is 2.17 bits per heavy atom. The number of H-pyrrole nitrogens is 1. The molecule has 0 saturated carbocycles. The zero-order valence-corrected chi connectivity index (χ0v) is 15.8. The van der Waals surface area contributed by atoms with Crippen LogP contribution < -0.4 is 5.32 Å². The Bertz CT molecular complexity index is 1270. The molecule has 5 rings (SSSR count). The van der Waals surface area contributed by atoms with E-state index >= 15 is 0 Å². The van der Waals surface area contributed by atoms with Crippen LogP contribution in [0.4, 0.5) is 14.5 Å². The first kappa shape index (κ1) is 18.2. The molecule has 0 aliphatic heterocycles. The minimum Gasteiger partial charge on any atom is -0.377 e. The number of halogens is 2. The van der Waals surface area contributed by atoms with Crippen LogP contribution in [0.2, 0.25) is 0 Å². The van der Waals surface area contributed by atoms with E-state index in [0.29, 0.717) is 21.5 Å². The molecule has 0 saturated heterocycles. The Kier molecular flexibility index (Phi) is 4.39. The highest BCUT2D eigenvalue weighted by Crippen LogP contribution is 2.34. The maximum absolute atomic E-state index is 12.9. The van der Waals surface area contributed by atoms with Crippen LogP contribution in [0.25, 0.3) is 22.2 Å². The highest BCUT2D eigenvalue weighted by molar-refractivity contribution is 5.94. The summed E-state index contributed by atoms with van der Waals surface area (Å²) in [4.78, 5) is 4.52. The Hall–Kier alpha value is -3.80. The van der Waals surface area contributed by atoms with Crippen LogP contribution in [0.5, 0.6) is 0 Å². The molecule has 1 aliphatic rings. The van der Waals surface area contributed by atoms with Crippen molar-refractivity contribution in [3.05, 3.63) is 59.7 Å². The second kappa shape index (κ2) is 7.22. The summed E-state index contributed by atoms with van der Waals surface area (Å²) in [5.41, 5.74) is 5.42. The smallest absolute Gasteiger partial charge is 0.333 e. The van der Waals surface area contributed by atoms with Crippen LogP contribution in [0.1, 0.15) is 42.3 Å². The standard InChI is InChI=1S/C21H17F2N7/c22-21(23)30-11-14(10-26-30)19-16-7-15(4-5-17(16)28-29-19)27-18-3-1-2-13-6-12(8-24)9-25-20(13)18/h4-7,9-11,18,21,27H,1-3H2,(H,28,29)/t18-/m0/s1. The van der Waals surface area contributed by atoms with Crippen molar-refractivity contribution in [2.24, 2.45) is 0 Å². The molecule has 3 aromatic heterocycles. The topological polar surface area (TPSA) is 95.2 Å². The van der Waals surface area contributed by atoms with Gasteiger partial charge in [0.2, 0.25) is 0 Å². The number of aromatic amines is 1. The van der Waals surface area contributed by atoms with Gasteiger partial charge in [0.1, 0.15) is 11.8 Å². The van der Waals surface area contributed by atoms with Gasteiger partial charge in [-0.25, -0.2) is 4.68 Å². The van der Waals surface area contributed by atoms with Gasteiger partial charge in [-0.15, -0.1) is 0 Å². The third-order valence-corrected chi connectivity index (χ3v) is 5.38. The van der Waals surface area contributed by atoms with Crippen molar-refractivity contribution in [1.29, 1.82) is 5.26 Å². The number of hydrogen-bond donors (Lipinski definition) is 2. The third kappa shape index (κ3) is 3.16. The van der Waals surface area contributed by atoms with Crippen molar-refractivity contribution in [3.8, 4) is 17.3 Å². The van der Waals surface area contributed by atoms with Gasteiger partial charge in [-0.1, -0.05) is 0 Å². The fourth-order valence-electron chi connectivity index (χ4n) is 3.96. The summed E-state index contributed by atoms with van der Waals surface area (Å²) >= 11 is 0. The van der Waals surface area contributed by atoms with E-state index in [-0.39, 0.29) is 6.04 Å². The highest BCUT2D eigenvalue weighted by atomic mass is 19.3. The van der Waals surface area contributed by atoms with Crippen LogP contribution in [0, 0.1) is 11.3 Å². The van der Waals surface area contributed by atoms with Crippen molar-refractivity contribution in [3.63, 3.8) is 0 Å². The zero-order chi connectivity index (χ0) is 20.7. The SMILES string of the molecule is N#Cc1cnc2c(c1)CCC[C@@H]2Nc1ccc2[nH]nc(-c3cnn(C(F)F)c3)c2c1. The molecule has 1 aliphatic carbocycles. The molecule has 3 heterocycles. The molecule has 0 fully saturated rings. The Balaban J connectivity index is 1.47. The number of alkyl halides is 2. The molecule has 0 radical (unpaired) electrons. The predicted molar refractivity (Wildman–Crippen MR) is 107 cm³/mol. The molecule has 0 unspecified atom stereocenters. The van der Waals surface area contributed by atoms with Gasteiger partial charge in [-0.3, -0.25) is 10.1 Å². The fourth-order valence-corrected chi connectivity index (χ4v) is 3.96. The van der Waals surface area contributed by atoms with Gasteiger partial charge < -0.3 is 5.32 Å². The number of benzene rings is 1. The van der Waals surface area contributed by atoms with Crippen molar-refractivity contribution < 1.29 is 8.78 Å². The molecule has 7 nitrogen and oxygen atoms in total. The van der Waals surface area contributed by atoms with E-state index in [2.05, 4.69) is 31.7 Å². The van der Waals surface area contributed by atoms with Crippen molar-refractivity contribution in [2.45, 2.75) is 31.9 Å². The second-order valence-corrected chi connectivity index (χ2v) is 7.29. The van der Waals surface area contributed by atoms with Gasteiger partial charge in [-0.2, -0.15) is 24.2 Å². The number of fused-ring (bicyclic) bond motifs is 2. The summed E-state index contributed by atoms with van der Waals surface area (Å²) in [6, 6.07) is 9.89. The molecule has 30 heavy (non-hydrogen) atoms. The largest absolute Gasteiger partial charge is 0.377 e. The van der Waals surface area contributed by atoms with E-state index < -0.39 is 6.55 Å². The molecule has 1 atom stereocenters. The summed E-state index contributed by atoms with van der Waals surface area (Å²) in [5, 5.41) is 24.4. The van der Waals surface area contributed by atoms with Gasteiger partial charge in [0.15, 0.2) is 0 Å². The molecule has 4 aromatic rings. The molecular formula is C21H17F2N7. The number of aromatic nitrogens is 5. The van der Waals surface area contributed by atoms with Crippen LogP contribution in [-0.4, -0.2) is 25.0 Å². The quantitative estimate of drug-likeness (QED) is 0.518. The van der Waals surface area contributed by atoms with E-state index in [9.17, 15) is 8.78 Å². The average molecular weight is 405 g/mol. The first-order valence-electron chi connectivity index (χ1n) is 9.58. The van der Waals surface area contributed by atoms with E-state index in [1.54, 1.807) is 6.20 Å². The number of hydrogen-bond acceptors (Lipinski definition) is 5. The maximum Gasteiger partial charge on any atom is 0.333 e. The van der Waals surface area contributed by atoms with Crippen molar-refractivity contribution in [2.75, 3.05) is 5.32 Å². The molecule has 1 aromatic carbocycles. The number of nitrogens with one attached hydrogen (secondary N) is 2. The number of nitrogens with zero attached hydrogens (tertiary/aromatic N) is 5. The summed E-state index contributed by atoms with van der Waals surface area (Å²) in [6.07, 6.45) is 7.13. The second-order valence-electron chi connectivity index (χ2n) is 7.29. The molecule has 0 bridgehead atoms. The Morgan fingerprint density at radius 3 is 2.97 bits per heavy atom. The third-order valence-electron chi connectivity index (χ3n) is 5.38. The summed E-state index contributed by atoms with van der Waals surface area (Å²) in [5.74, 6) is 0.